The van der Waals surface area contributed by atoms with Crippen LogP contribution in [0.3, 0.4) is 0 Å². The first-order chi connectivity index (χ1) is 14.0. The fraction of sp³-hybridized carbons (Fsp3) is 0.500. The number of aliphatic hydroxyl groups is 1. The first kappa shape index (κ1) is 24.9. The Morgan fingerprint density at radius 3 is 2.53 bits per heavy atom. The number of carbonyl (C=O) groups excluding carboxylic acids is 2. The molecule has 1 aromatic rings. The topological polar surface area (TPSA) is 110 Å². The fourth-order valence-electron chi connectivity index (χ4n) is 2.80. The van der Waals surface area contributed by atoms with Crippen molar-refractivity contribution < 1.29 is 24.4 Å². The number of thiocarbonyl (C=S) groups is 1. The molecule has 30 heavy (non-hydrogen) atoms. The van der Waals surface area contributed by atoms with Gasteiger partial charge < -0.3 is 14.7 Å². The molecule has 2 rings (SSSR count). The smallest absolute Gasteiger partial charge is 0.345 e. The Balaban J connectivity index is 2.05. The minimum absolute atomic E-state index is 0.0788. The molecule has 0 spiro atoms. The predicted octanol–water partition coefficient (Wildman–Crippen LogP) is 3.53. The van der Waals surface area contributed by atoms with E-state index < -0.39 is 39.2 Å². The number of likely N-dealkylation sites (tertiary alicyclic amines) is 1. The van der Waals surface area contributed by atoms with Crippen LogP contribution in [0.5, 0.6) is 0 Å². The van der Waals surface area contributed by atoms with Gasteiger partial charge in [-0.3, -0.25) is 14.9 Å². The van der Waals surface area contributed by atoms with Crippen LogP contribution in [0.1, 0.15) is 26.3 Å². The van der Waals surface area contributed by atoms with Crippen LogP contribution in [-0.2, 0) is 20.9 Å². The van der Waals surface area contributed by atoms with Crippen molar-refractivity contribution in [2.75, 3.05) is 5.75 Å². The van der Waals surface area contributed by atoms with Crippen molar-refractivity contribution in [3.05, 3.63) is 39.9 Å². The molecule has 0 radical (unpaired) electrons. The lowest BCUT2D eigenvalue weighted by Crippen LogP contribution is -2.69. The average Bonchev–Trinajstić information content (AvgIpc) is 2.64. The van der Waals surface area contributed by atoms with E-state index in [-0.39, 0.29) is 12.3 Å². The summed E-state index contributed by atoms with van der Waals surface area (Å²) in [6.07, 6.45) is 0. The maximum atomic E-state index is 12.6. The Kier molecular flexibility index (Phi) is 8.51. The quantitative estimate of drug-likeness (QED) is 0.111. The fourth-order valence-corrected chi connectivity index (χ4v) is 6.08. The molecule has 0 bridgehead atoms. The van der Waals surface area contributed by atoms with Gasteiger partial charge in [0, 0.05) is 12.1 Å². The number of hydrogen-bond acceptors (Lipinski definition) is 9. The van der Waals surface area contributed by atoms with Gasteiger partial charge in [0.2, 0.25) is 11.4 Å². The Hall–Kier alpha value is -1.40. The standard InChI is InChI=1S/C18H21ClN2O6S3/c1-4-29-17(28)30-15-12(18(2,3)24)14(22)20(15)13(19)16(23)27-9-10-5-7-11(8-6-10)21(25)26/h5-8,12-13,15,24H,4,9H2,1-3H3. The third kappa shape index (κ3) is 5.85. The molecule has 1 heterocycles. The average molecular weight is 493 g/mol. The van der Waals surface area contributed by atoms with E-state index in [1.807, 2.05) is 6.92 Å². The number of rotatable bonds is 8. The van der Waals surface area contributed by atoms with Gasteiger partial charge in [-0.2, -0.15) is 0 Å². The Morgan fingerprint density at radius 2 is 2.03 bits per heavy atom. The van der Waals surface area contributed by atoms with Crippen LogP contribution in [0.15, 0.2) is 24.3 Å². The highest BCUT2D eigenvalue weighted by Crippen LogP contribution is 2.45. The summed E-state index contributed by atoms with van der Waals surface area (Å²) in [4.78, 5) is 36.4. The molecule has 1 aliphatic rings. The van der Waals surface area contributed by atoms with Crippen LogP contribution < -0.4 is 0 Å². The van der Waals surface area contributed by atoms with Gasteiger partial charge >= 0.3 is 5.97 Å². The summed E-state index contributed by atoms with van der Waals surface area (Å²) in [6, 6.07) is 5.53. The van der Waals surface area contributed by atoms with Gasteiger partial charge in [0.25, 0.3) is 5.69 Å². The number of nitrogens with zero attached hydrogens (tertiary/aromatic N) is 2. The molecule has 1 N–H and O–H groups in total. The van der Waals surface area contributed by atoms with E-state index in [1.54, 1.807) is 0 Å². The molecule has 1 saturated heterocycles. The van der Waals surface area contributed by atoms with Crippen molar-refractivity contribution in [2.45, 2.75) is 43.9 Å². The third-order valence-corrected chi connectivity index (χ3v) is 7.42. The zero-order valence-electron chi connectivity index (χ0n) is 16.4. The minimum Gasteiger partial charge on any atom is -0.458 e. The molecule has 0 saturated carbocycles. The Bertz CT molecular complexity index is 830. The van der Waals surface area contributed by atoms with E-state index in [4.69, 9.17) is 28.6 Å². The molecular formula is C18H21ClN2O6S3. The van der Waals surface area contributed by atoms with Crippen molar-refractivity contribution in [2.24, 2.45) is 5.92 Å². The number of carbonyl (C=O) groups is 2. The highest BCUT2D eigenvalue weighted by molar-refractivity contribution is 8.47. The first-order valence-corrected chi connectivity index (χ1v) is 11.6. The molecule has 1 aliphatic heterocycles. The van der Waals surface area contributed by atoms with Gasteiger partial charge in [-0.1, -0.05) is 42.5 Å². The van der Waals surface area contributed by atoms with Crippen LogP contribution in [-0.4, -0.2) is 52.6 Å². The van der Waals surface area contributed by atoms with Crippen molar-refractivity contribution in [1.29, 1.82) is 0 Å². The number of alkyl halides is 1. The van der Waals surface area contributed by atoms with Crippen LogP contribution in [0.4, 0.5) is 5.69 Å². The molecule has 164 valence electrons. The van der Waals surface area contributed by atoms with Crippen LogP contribution >= 0.6 is 47.3 Å². The molecule has 1 fully saturated rings. The van der Waals surface area contributed by atoms with E-state index in [1.165, 1.54) is 61.6 Å². The molecular weight excluding hydrogens is 472 g/mol. The molecule has 8 nitrogen and oxygen atoms in total. The number of amides is 1. The zero-order valence-corrected chi connectivity index (χ0v) is 19.6. The van der Waals surface area contributed by atoms with Crippen molar-refractivity contribution >= 4 is 68.4 Å². The highest BCUT2D eigenvalue weighted by atomic mass is 35.5. The molecule has 3 atom stereocenters. The van der Waals surface area contributed by atoms with Crippen LogP contribution in [0, 0.1) is 16.0 Å². The number of halogens is 1. The number of benzene rings is 1. The van der Waals surface area contributed by atoms with E-state index in [2.05, 4.69) is 0 Å². The molecule has 1 aromatic carbocycles. The lowest BCUT2D eigenvalue weighted by molar-refractivity contribution is -0.384. The van der Waals surface area contributed by atoms with E-state index in [0.29, 0.717) is 9.09 Å². The first-order valence-electron chi connectivity index (χ1n) is 8.89. The van der Waals surface area contributed by atoms with Crippen molar-refractivity contribution in [1.82, 2.24) is 4.90 Å². The van der Waals surface area contributed by atoms with Crippen molar-refractivity contribution in [3.63, 3.8) is 0 Å². The number of thioether (sulfide) groups is 2. The number of hydrogen-bond donors (Lipinski definition) is 1. The number of nitro groups is 1. The number of ether oxygens (including phenoxy) is 1. The Morgan fingerprint density at radius 1 is 1.43 bits per heavy atom. The SMILES string of the molecule is CCSC(=S)SC1C(C(C)(C)O)C(=O)N1C(Cl)C(=O)OCc1ccc([N+](=O)[O-])cc1. The van der Waals surface area contributed by atoms with E-state index >= 15 is 0 Å². The largest absolute Gasteiger partial charge is 0.458 e. The summed E-state index contributed by atoms with van der Waals surface area (Å²) in [5.74, 6) is -1.31. The predicted molar refractivity (Wildman–Crippen MR) is 121 cm³/mol. The van der Waals surface area contributed by atoms with Gasteiger partial charge in [-0.15, -0.1) is 11.8 Å². The maximum Gasteiger partial charge on any atom is 0.345 e. The minimum atomic E-state index is -1.39. The summed E-state index contributed by atoms with van der Waals surface area (Å²) >= 11 is 14.1. The summed E-state index contributed by atoms with van der Waals surface area (Å²) in [6.45, 7) is 4.83. The molecule has 12 heteroatoms. The number of β-lactam (4-membered cyclic amide) rings is 1. The summed E-state index contributed by atoms with van der Waals surface area (Å²) < 4.78 is 5.75. The summed E-state index contributed by atoms with van der Waals surface area (Å²) in [7, 11) is 0. The van der Waals surface area contributed by atoms with Gasteiger partial charge in [-0.25, -0.2) is 4.79 Å². The molecule has 3 unspecified atom stereocenters. The van der Waals surface area contributed by atoms with E-state index in [0.717, 1.165) is 10.7 Å². The summed E-state index contributed by atoms with van der Waals surface area (Å²) in [5, 5.41) is 20.4. The second-order valence-electron chi connectivity index (χ2n) is 6.94. The van der Waals surface area contributed by atoms with Crippen LogP contribution in [0.25, 0.3) is 0 Å². The van der Waals surface area contributed by atoms with Crippen LogP contribution in [0.2, 0.25) is 0 Å². The highest BCUT2D eigenvalue weighted by Gasteiger charge is 2.58. The van der Waals surface area contributed by atoms with Gasteiger partial charge in [0.05, 0.1) is 16.4 Å². The Labute approximate surface area is 192 Å². The lowest BCUT2D eigenvalue weighted by Gasteiger charge is -2.51. The second-order valence-corrected chi connectivity index (χ2v) is 10.9. The summed E-state index contributed by atoms with van der Waals surface area (Å²) in [5.41, 5.74) is -2.24. The van der Waals surface area contributed by atoms with E-state index in [9.17, 15) is 24.8 Å². The molecule has 1 amide bonds. The number of esters is 1. The number of non-ortho nitro benzene ring substituents is 1. The van der Waals surface area contributed by atoms with Gasteiger partial charge in [-0.05, 0) is 37.3 Å². The maximum absolute atomic E-state index is 12.6. The van der Waals surface area contributed by atoms with Crippen molar-refractivity contribution in [3.8, 4) is 0 Å². The molecule has 0 aromatic heterocycles. The second kappa shape index (κ2) is 10.3. The number of nitro benzene ring substituents is 1. The van der Waals surface area contributed by atoms with Gasteiger partial charge in [0.15, 0.2) is 0 Å². The molecule has 0 aliphatic carbocycles. The third-order valence-electron chi connectivity index (χ3n) is 4.29. The lowest BCUT2D eigenvalue weighted by atomic mass is 9.83. The normalized spacial score (nSPS) is 19.8. The monoisotopic (exact) mass is 492 g/mol. The zero-order chi connectivity index (χ0) is 22.6. The van der Waals surface area contributed by atoms with Gasteiger partial charge in [0.1, 0.15) is 15.5 Å².